The van der Waals surface area contributed by atoms with Crippen molar-refractivity contribution in [3.63, 3.8) is 0 Å². The molecule has 0 spiro atoms. The molecule has 0 radical (unpaired) electrons. The van der Waals surface area contributed by atoms with Crippen LogP contribution in [0.3, 0.4) is 0 Å². The van der Waals surface area contributed by atoms with Crippen LogP contribution in [0.1, 0.15) is 10.4 Å². The van der Waals surface area contributed by atoms with Crippen LogP contribution in [0.5, 0.6) is 0 Å². The molecule has 0 atom stereocenters. The van der Waals surface area contributed by atoms with Crippen LogP contribution in [0.4, 0.5) is 4.39 Å². The number of hydrogen-bond donors (Lipinski definition) is 1. The first-order valence-electron chi connectivity index (χ1n) is 3.32. The normalized spacial score (nSPS) is 9.58. The van der Waals surface area contributed by atoms with Gasteiger partial charge in [0, 0.05) is 12.6 Å². The number of benzene rings is 1. The number of rotatable bonds is 1. The summed E-state index contributed by atoms with van der Waals surface area (Å²) in [5.41, 5.74) is 0.351. The first kappa shape index (κ1) is 9.00. The molecule has 0 fully saturated rings. The fourth-order valence-corrected chi connectivity index (χ4v) is 0.962. The Morgan fingerprint density at radius 2 is 2.25 bits per heavy atom. The van der Waals surface area contributed by atoms with E-state index in [1.54, 1.807) is 0 Å². The van der Waals surface area contributed by atoms with Crippen molar-refractivity contribution in [1.29, 1.82) is 0 Å². The summed E-state index contributed by atoms with van der Waals surface area (Å²) in [6, 6.07) is 3.82. The van der Waals surface area contributed by atoms with Crippen LogP contribution < -0.4 is 5.32 Å². The van der Waals surface area contributed by atoms with E-state index in [1.165, 1.54) is 19.2 Å². The molecule has 1 aromatic rings. The molecule has 0 aliphatic carbocycles. The summed E-state index contributed by atoms with van der Waals surface area (Å²) in [6.45, 7) is 0. The van der Waals surface area contributed by atoms with E-state index in [-0.39, 0.29) is 10.9 Å². The standard InChI is InChI=1S/C8H7ClFNO/c1-11-8(12)5-2-3-7(10)6(9)4-5/h2-4H,1H3,(H,11,12). The van der Waals surface area contributed by atoms with E-state index in [0.717, 1.165) is 6.07 Å². The molecule has 4 heteroatoms. The van der Waals surface area contributed by atoms with E-state index in [4.69, 9.17) is 11.6 Å². The summed E-state index contributed by atoms with van der Waals surface area (Å²) in [7, 11) is 1.50. The second kappa shape index (κ2) is 3.54. The Labute approximate surface area is 74.3 Å². The van der Waals surface area contributed by atoms with Crippen molar-refractivity contribution >= 4 is 17.5 Å². The maximum absolute atomic E-state index is 12.6. The summed E-state index contributed by atoms with van der Waals surface area (Å²) < 4.78 is 12.6. The maximum atomic E-state index is 12.6. The number of nitrogens with one attached hydrogen (secondary N) is 1. The molecule has 0 saturated heterocycles. The predicted octanol–water partition coefficient (Wildman–Crippen LogP) is 1.84. The van der Waals surface area contributed by atoms with E-state index < -0.39 is 5.82 Å². The highest BCUT2D eigenvalue weighted by Gasteiger charge is 2.05. The lowest BCUT2D eigenvalue weighted by Gasteiger charge is -1.99. The third-order valence-electron chi connectivity index (χ3n) is 1.41. The smallest absolute Gasteiger partial charge is 0.251 e. The van der Waals surface area contributed by atoms with Gasteiger partial charge in [0.25, 0.3) is 5.91 Å². The summed E-state index contributed by atoms with van der Waals surface area (Å²) in [5.74, 6) is -0.804. The highest BCUT2D eigenvalue weighted by atomic mass is 35.5. The summed E-state index contributed by atoms with van der Waals surface area (Å²) in [5, 5.41) is 2.36. The van der Waals surface area contributed by atoms with Crippen molar-refractivity contribution in [3.8, 4) is 0 Å². The summed E-state index contributed by atoms with van der Waals surface area (Å²) >= 11 is 5.46. The molecule has 0 saturated carbocycles. The average molecular weight is 188 g/mol. The van der Waals surface area contributed by atoms with Gasteiger partial charge < -0.3 is 5.32 Å². The van der Waals surface area contributed by atoms with Crippen molar-refractivity contribution in [1.82, 2.24) is 5.32 Å². The first-order chi connectivity index (χ1) is 5.65. The molecule has 0 aliphatic rings. The van der Waals surface area contributed by atoms with Crippen LogP contribution in [0.25, 0.3) is 0 Å². The van der Waals surface area contributed by atoms with Crippen molar-refractivity contribution in [3.05, 3.63) is 34.6 Å². The lowest BCUT2D eigenvalue weighted by Crippen LogP contribution is -2.17. The summed E-state index contributed by atoms with van der Waals surface area (Å²) in [6.07, 6.45) is 0. The van der Waals surface area contributed by atoms with Crippen LogP contribution in [0.15, 0.2) is 18.2 Å². The molecule has 12 heavy (non-hydrogen) atoms. The molecule has 0 heterocycles. The average Bonchev–Trinajstić information content (AvgIpc) is 2.08. The van der Waals surface area contributed by atoms with Gasteiger partial charge in [-0.2, -0.15) is 0 Å². The van der Waals surface area contributed by atoms with E-state index >= 15 is 0 Å². The van der Waals surface area contributed by atoms with Gasteiger partial charge >= 0.3 is 0 Å². The van der Waals surface area contributed by atoms with Crippen molar-refractivity contribution in [2.75, 3.05) is 7.05 Å². The minimum absolute atomic E-state index is 0.0453. The van der Waals surface area contributed by atoms with Gasteiger partial charge in [-0.15, -0.1) is 0 Å². The topological polar surface area (TPSA) is 29.1 Å². The van der Waals surface area contributed by atoms with Gasteiger partial charge in [-0.05, 0) is 18.2 Å². The molecular formula is C8H7ClFNO. The monoisotopic (exact) mass is 187 g/mol. The highest BCUT2D eigenvalue weighted by Crippen LogP contribution is 2.15. The molecule has 0 aliphatic heterocycles. The second-order valence-electron chi connectivity index (χ2n) is 2.21. The predicted molar refractivity (Wildman–Crippen MR) is 44.8 cm³/mol. The Hall–Kier alpha value is -1.09. The van der Waals surface area contributed by atoms with Gasteiger partial charge in [0.15, 0.2) is 0 Å². The zero-order chi connectivity index (χ0) is 9.14. The Bertz CT molecular complexity index is 314. The lowest BCUT2D eigenvalue weighted by atomic mass is 10.2. The van der Waals surface area contributed by atoms with E-state index in [0.29, 0.717) is 5.56 Å². The SMILES string of the molecule is CNC(=O)c1ccc(F)c(Cl)c1. The quantitative estimate of drug-likeness (QED) is 0.714. The largest absolute Gasteiger partial charge is 0.355 e. The van der Waals surface area contributed by atoms with Crippen LogP contribution in [0.2, 0.25) is 5.02 Å². The molecule has 1 N–H and O–H groups in total. The van der Waals surface area contributed by atoms with E-state index in [9.17, 15) is 9.18 Å². The Morgan fingerprint density at radius 3 is 2.75 bits per heavy atom. The van der Waals surface area contributed by atoms with Crippen molar-refractivity contribution < 1.29 is 9.18 Å². The van der Waals surface area contributed by atoms with Gasteiger partial charge in [-0.3, -0.25) is 4.79 Å². The molecule has 1 aromatic carbocycles. The molecule has 2 nitrogen and oxygen atoms in total. The fourth-order valence-electron chi connectivity index (χ4n) is 0.782. The summed E-state index contributed by atoms with van der Waals surface area (Å²) in [4.78, 5) is 11.0. The highest BCUT2D eigenvalue weighted by molar-refractivity contribution is 6.31. The van der Waals surface area contributed by atoms with Crippen LogP contribution in [0, 0.1) is 5.82 Å². The molecule has 1 amide bonds. The Balaban J connectivity index is 3.05. The van der Waals surface area contributed by atoms with Gasteiger partial charge in [0.1, 0.15) is 5.82 Å². The minimum atomic E-state index is -0.524. The van der Waals surface area contributed by atoms with Gasteiger partial charge in [-0.1, -0.05) is 11.6 Å². The fraction of sp³-hybridized carbons (Fsp3) is 0.125. The number of carbonyl (C=O) groups is 1. The molecular weight excluding hydrogens is 181 g/mol. The third-order valence-corrected chi connectivity index (χ3v) is 1.70. The van der Waals surface area contributed by atoms with Crippen LogP contribution in [-0.4, -0.2) is 13.0 Å². The maximum Gasteiger partial charge on any atom is 0.251 e. The zero-order valence-electron chi connectivity index (χ0n) is 6.40. The molecule has 0 unspecified atom stereocenters. The third kappa shape index (κ3) is 1.74. The van der Waals surface area contributed by atoms with Crippen LogP contribution in [-0.2, 0) is 0 Å². The lowest BCUT2D eigenvalue weighted by molar-refractivity contribution is 0.0963. The number of hydrogen-bond acceptors (Lipinski definition) is 1. The Morgan fingerprint density at radius 1 is 1.58 bits per heavy atom. The van der Waals surface area contributed by atoms with E-state index in [1.807, 2.05) is 0 Å². The second-order valence-corrected chi connectivity index (χ2v) is 2.62. The molecule has 0 bridgehead atoms. The van der Waals surface area contributed by atoms with Crippen LogP contribution >= 0.6 is 11.6 Å². The number of halogens is 2. The van der Waals surface area contributed by atoms with Gasteiger partial charge in [0.05, 0.1) is 5.02 Å². The molecule has 1 rings (SSSR count). The molecule has 0 aromatic heterocycles. The van der Waals surface area contributed by atoms with Gasteiger partial charge in [0.2, 0.25) is 0 Å². The molecule has 64 valence electrons. The number of amides is 1. The van der Waals surface area contributed by atoms with Gasteiger partial charge in [-0.25, -0.2) is 4.39 Å². The van der Waals surface area contributed by atoms with Crippen molar-refractivity contribution in [2.24, 2.45) is 0 Å². The van der Waals surface area contributed by atoms with E-state index in [2.05, 4.69) is 5.32 Å². The first-order valence-corrected chi connectivity index (χ1v) is 3.70. The minimum Gasteiger partial charge on any atom is -0.355 e. The van der Waals surface area contributed by atoms with Crippen molar-refractivity contribution in [2.45, 2.75) is 0 Å². The number of carbonyl (C=O) groups excluding carboxylic acids is 1. The zero-order valence-corrected chi connectivity index (χ0v) is 7.15. The Kier molecular flexibility index (Phi) is 2.65.